The number of fused-ring (bicyclic) bond motifs is 3. The number of halogens is 2. The summed E-state index contributed by atoms with van der Waals surface area (Å²) < 4.78 is 4.42. The van der Waals surface area contributed by atoms with Crippen LogP contribution in [0.15, 0.2) is 45.3 Å². The molecule has 27 heavy (non-hydrogen) atoms. The van der Waals surface area contributed by atoms with Gasteiger partial charge in [0.2, 0.25) is 0 Å². The van der Waals surface area contributed by atoms with Crippen LogP contribution in [0.4, 0.5) is 0 Å². The van der Waals surface area contributed by atoms with Crippen molar-refractivity contribution in [2.75, 3.05) is 19.6 Å². The predicted octanol–water partition coefficient (Wildman–Crippen LogP) is 5.66. The first-order valence-corrected chi connectivity index (χ1v) is 11.3. The second-order valence-electron chi connectivity index (χ2n) is 8.25. The number of nitrogens with zero attached hydrogens (tertiary/aromatic N) is 2. The molecule has 5 heteroatoms. The Labute approximate surface area is 177 Å². The van der Waals surface area contributed by atoms with Crippen molar-refractivity contribution in [2.45, 2.75) is 32.9 Å². The Bertz CT molecular complexity index is 899. The van der Waals surface area contributed by atoms with E-state index in [1.54, 1.807) is 0 Å². The smallest absolute Gasteiger partial charge is 0.0845 e. The molecular weight excluding hydrogens is 468 g/mol. The molecule has 1 aliphatic heterocycles. The van der Waals surface area contributed by atoms with Gasteiger partial charge < -0.3 is 14.6 Å². The van der Waals surface area contributed by atoms with Gasteiger partial charge in [-0.2, -0.15) is 0 Å². The fraction of sp³-hybridized carbons (Fsp3) is 0.455. The SMILES string of the molecule is C[C@H]1C[C@H](C)CN(C[C@@H](O)Cn2c3ccc(Br)cc3c3cc(Br)ccc32)C1. The van der Waals surface area contributed by atoms with Gasteiger partial charge in [-0.25, -0.2) is 0 Å². The van der Waals surface area contributed by atoms with E-state index in [2.05, 4.69) is 91.6 Å². The van der Waals surface area contributed by atoms with E-state index in [1.807, 2.05) is 0 Å². The molecule has 3 atom stereocenters. The van der Waals surface area contributed by atoms with Gasteiger partial charge in [-0.3, -0.25) is 0 Å². The first-order valence-electron chi connectivity index (χ1n) is 9.68. The third-order valence-corrected chi connectivity index (χ3v) is 6.58. The molecule has 2 heterocycles. The van der Waals surface area contributed by atoms with E-state index in [-0.39, 0.29) is 6.10 Å². The van der Waals surface area contributed by atoms with Crippen molar-refractivity contribution in [1.29, 1.82) is 0 Å². The summed E-state index contributed by atoms with van der Waals surface area (Å²) in [6.45, 7) is 8.17. The number of benzene rings is 2. The van der Waals surface area contributed by atoms with Crippen LogP contribution in [0.25, 0.3) is 21.8 Å². The minimum Gasteiger partial charge on any atom is -0.390 e. The summed E-state index contributed by atoms with van der Waals surface area (Å²) in [6, 6.07) is 12.8. The summed E-state index contributed by atoms with van der Waals surface area (Å²) in [4.78, 5) is 2.44. The Balaban J connectivity index is 1.64. The zero-order valence-corrected chi connectivity index (χ0v) is 19.0. The Morgan fingerprint density at radius 3 is 1.96 bits per heavy atom. The lowest BCUT2D eigenvalue weighted by Crippen LogP contribution is -2.43. The number of aliphatic hydroxyl groups excluding tert-OH is 1. The number of likely N-dealkylation sites (tertiary alicyclic amines) is 1. The number of β-amino-alcohol motifs (C(OH)–C–C–N with tert-alkyl or cyclic N) is 1. The first-order chi connectivity index (χ1) is 12.9. The Morgan fingerprint density at radius 1 is 0.926 bits per heavy atom. The molecular formula is C22H26Br2N2O. The maximum Gasteiger partial charge on any atom is 0.0845 e. The molecule has 3 nitrogen and oxygen atoms in total. The summed E-state index contributed by atoms with van der Waals surface area (Å²) in [5.74, 6) is 1.42. The standard InChI is InChI=1S/C22H26Br2N2O/c1-14-7-15(2)11-25(10-14)12-18(27)13-26-21-5-3-16(23)8-19(21)20-9-17(24)4-6-22(20)26/h3-6,8-9,14-15,18,27H,7,10-13H2,1-2H3/t14-,15-,18+/m0/s1. The van der Waals surface area contributed by atoms with Crippen LogP contribution in [0.3, 0.4) is 0 Å². The van der Waals surface area contributed by atoms with Crippen molar-refractivity contribution < 1.29 is 5.11 Å². The molecule has 1 aliphatic rings. The molecule has 1 fully saturated rings. The van der Waals surface area contributed by atoms with E-state index in [4.69, 9.17) is 0 Å². The second-order valence-corrected chi connectivity index (χ2v) is 10.1. The Morgan fingerprint density at radius 2 is 1.44 bits per heavy atom. The van der Waals surface area contributed by atoms with Crippen molar-refractivity contribution in [3.05, 3.63) is 45.3 Å². The van der Waals surface area contributed by atoms with Gasteiger partial charge in [-0.1, -0.05) is 45.7 Å². The van der Waals surface area contributed by atoms with E-state index in [0.29, 0.717) is 18.4 Å². The average molecular weight is 494 g/mol. The molecule has 1 aromatic heterocycles. The van der Waals surface area contributed by atoms with Gasteiger partial charge >= 0.3 is 0 Å². The lowest BCUT2D eigenvalue weighted by atomic mass is 9.92. The molecule has 144 valence electrons. The van der Waals surface area contributed by atoms with Gasteiger partial charge in [0, 0.05) is 50.4 Å². The van der Waals surface area contributed by atoms with Crippen LogP contribution < -0.4 is 0 Å². The third kappa shape index (κ3) is 4.12. The van der Waals surface area contributed by atoms with Gasteiger partial charge in [-0.15, -0.1) is 0 Å². The number of piperidine rings is 1. The number of aromatic nitrogens is 1. The topological polar surface area (TPSA) is 28.4 Å². The van der Waals surface area contributed by atoms with Gasteiger partial charge in [0.25, 0.3) is 0 Å². The minimum absolute atomic E-state index is 0.381. The summed E-state index contributed by atoms with van der Waals surface area (Å²) >= 11 is 7.19. The van der Waals surface area contributed by atoms with Crippen LogP contribution in [0, 0.1) is 11.8 Å². The molecule has 0 amide bonds. The highest BCUT2D eigenvalue weighted by atomic mass is 79.9. The van der Waals surface area contributed by atoms with Crippen LogP contribution in [-0.4, -0.2) is 40.3 Å². The molecule has 0 unspecified atom stereocenters. The van der Waals surface area contributed by atoms with Crippen LogP contribution in [-0.2, 0) is 6.54 Å². The zero-order valence-electron chi connectivity index (χ0n) is 15.8. The molecule has 0 spiro atoms. The highest BCUT2D eigenvalue weighted by Gasteiger charge is 2.24. The fourth-order valence-corrected chi connectivity index (χ4v) is 5.48. The molecule has 1 saturated heterocycles. The predicted molar refractivity (Wildman–Crippen MR) is 120 cm³/mol. The molecule has 0 aliphatic carbocycles. The van der Waals surface area contributed by atoms with Crippen LogP contribution in [0.1, 0.15) is 20.3 Å². The molecule has 0 bridgehead atoms. The normalized spacial score (nSPS) is 22.6. The number of hydrogen-bond donors (Lipinski definition) is 1. The first kappa shape index (κ1) is 19.4. The molecule has 3 aromatic rings. The van der Waals surface area contributed by atoms with Gasteiger partial charge in [0.05, 0.1) is 12.6 Å². The van der Waals surface area contributed by atoms with Gasteiger partial charge in [0.1, 0.15) is 0 Å². The second kappa shape index (κ2) is 7.86. The fourth-order valence-electron chi connectivity index (χ4n) is 4.75. The number of rotatable bonds is 4. The molecule has 0 radical (unpaired) electrons. The Kier molecular flexibility index (Phi) is 5.66. The summed E-state index contributed by atoms with van der Waals surface area (Å²) in [7, 11) is 0. The van der Waals surface area contributed by atoms with E-state index in [9.17, 15) is 5.11 Å². The number of hydrogen-bond acceptors (Lipinski definition) is 2. The summed E-state index contributed by atoms with van der Waals surface area (Å²) in [5, 5.41) is 13.3. The van der Waals surface area contributed by atoms with Crippen molar-refractivity contribution in [2.24, 2.45) is 11.8 Å². The maximum atomic E-state index is 10.9. The zero-order chi connectivity index (χ0) is 19.1. The van der Waals surface area contributed by atoms with E-state index in [1.165, 1.54) is 28.2 Å². The van der Waals surface area contributed by atoms with Gasteiger partial charge in [-0.05, 0) is 54.7 Å². The molecule has 1 N–H and O–H groups in total. The largest absolute Gasteiger partial charge is 0.390 e. The van der Waals surface area contributed by atoms with Crippen molar-refractivity contribution in [3.63, 3.8) is 0 Å². The summed E-state index contributed by atoms with van der Waals surface area (Å²) in [5.41, 5.74) is 2.34. The minimum atomic E-state index is -0.381. The summed E-state index contributed by atoms with van der Waals surface area (Å²) in [6.07, 6.45) is 0.914. The van der Waals surface area contributed by atoms with Crippen molar-refractivity contribution >= 4 is 53.7 Å². The lowest BCUT2D eigenvalue weighted by molar-refractivity contribution is 0.0626. The molecule has 2 aromatic carbocycles. The third-order valence-electron chi connectivity index (χ3n) is 5.60. The van der Waals surface area contributed by atoms with Crippen LogP contribution in [0.5, 0.6) is 0 Å². The van der Waals surface area contributed by atoms with Crippen LogP contribution >= 0.6 is 31.9 Å². The average Bonchev–Trinajstić information content (AvgIpc) is 2.86. The van der Waals surface area contributed by atoms with Crippen molar-refractivity contribution in [1.82, 2.24) is 9.47 Å². The quantitative estimate of drug-likeness (QED) is 0.508. The van der Waals surface area contributed by atoms with E-state index in [0.717, 1.165) is 28.6 Å². The molecule has 0 saturated carbocycles. The Hall–Kier alpha value is -0.880. The molecule has 4 rings (SSSR count). The number of aliphatic hydroxyl groups is 1. The highest BCUT2D eigenvalue weighted by molar-refractivity contribution is 9.10. The highest BCUT2D eigenvalue weighted by Crippen LogP contribution is 2.33. The van der Waals surface area contributed by atoms with Crippen LogP contribution in [0.2, 0.25) is 0 Å². The monoisotopic (exact) mass is 492 g/mol. The van der Waals surface area contributed by atoms with Gasteiger partial charge in [0.15, 0.2) is 0 Å². The van der Waals surface area contributed by atoms with Crippen molar-refractivity contribution in [3.8, 4) is 0 Å². The van der Waals surface area contributed by atoms with E-state index >= 15 is 0 Å². The maximum absolute atomic E-state index is 10.9. The lowest BCUT2D eigenvalue weighted by Gasteiger charge is -2.36. The van der Waals surface area contributed by atoms with E-state index < -0.39 is 0 Å².